The Balaban J connectivity index is 1.98. The van der Waals surface area contributed by atoms with Gasteiger partial charge in [0.25, 0.3) is 0 Å². The molecular formula is C21H28Cl2N2O2. The Morgan fingerprint density at radius 1 is 1.00 bits per heavy atom. The number of hydrogen-bond acceptors (Lipinski definition) is 4. The molecule has 0 bridgehead atoms. The van der Waals surface area contributed by atoms with Gasteiger partial charge in [-0.1, -0.05) is 35.3 Å². The molecule has 0 aliphatic carbocycles. The summed E-state index contributed by atoms with van der Waals surface area (Å²) in [5.41, 5.74) is 1.93. The molecule has 0 saturated heterocycles. The highest BCUT2D eigenvalue weighted by Crippen LogP contribution is 2.31. The van der Waals surface area contributed by atoms with Gasteiger partial charge in [0.05, 0.1) is 6.61 Å². The lowest BCUT2D eigenvalue weighted by atomic mass is 10.2. The van der Waals surface area contributed by atoms with Gasteiger partial charge in [-0.05, 0) is 70.4 Å². The van der Waals surface area contributed by atoms with Gasteiger partial charge in [-0.25, -0.2) is 0 Å². The van der Waals surface area contributed by atoms with E-state index in [9.17, 15) is 0 Å². The first-order valence-electron chi connectivity index (χ1n) is 9.18. The zero-order valence-electron chi connectivity index (χ0n) is 16.2. The van der Waals surface area contributed by atoms with E-state index in [0.717, 1.165) is 42.9 Å². The van der Waals surface area contributed by atoms with Crippen LogP contribution in [0.2, 0.25) is 10.0 Å². The van der Waals surface area contributed by atoms with Gasteiger partial charge < -0.3 is 19.7 Å². The second kappa shape index (κ2) is 11.4. The minimum absolute atomic E-state index is 0.292. The second-order valence-corrected chi connectivity index (χ2v) is 7.35. The Bertz CT molecular complexity index is 703. The fourth-order valence-electron chi connectivity index (χ4n) is 2.62. The van der Waals surface area contributed by atoms with E-state index in [1.54, 1.807) is 12.1 Å². The van der Waals surface area contributed by atoms with Gasteiger partial charge >= 0.3 is 0 Å². The van der Waals surface area contributed by atoms with Gasteiger partial charge in [0.15, 0.2) is 11.5 Å². The van der Waals surface area contributed by atoms with E-state index in [0.29, 0.717) is 29.0 Å². The molecule has 148 valence electrons. The molecule has 0 unspecified atom stereocenters. The largest absolute Gasteiger partial charge is 0.490 e. The van der Waals surface area contributed by atoms with Crippen molar-refractivity contribution in [3.63, 3.8) is 0 Å². The summed E-state index contributed by atoms with van der Waals surface area (Å²) >= 11 is 12.4. The Labute approximate surface area is 172 Å². The maximum atomic E-state index is 6.22. The van der Waals surface area contributed by atoms with Crippen LogP contribution in [0.5, 0.6) is 11.5 Å². The monoisotopic (exact) mass is 410 g/mol. The highest BCUT2D eigenvalue weighted by atomic mass is 35.5. The van der Waals surface area contributed by atoms with E-state index in [1.165, 1.54) is 0 Å². The quantitative estimate of drug-likeness (QED) is 0.527. The molecule has 2 rings (SSSR count). The summed E-state index contributed by atoms with van der Waals surface area (Å²) in [4.78, 5) is 2.19. The third-order valence-corrected chi connectivity index (χ3v) is 4.74. The molecule has 0 aliphatic heterocycles. The molecule has 0 fully saturated rings. The zero-order valence-corrected chi connectivity index (χ0v) is 17.7. The van der Waals surface area contributed by atoms with Gasteiger partial charge in [-0.3, -0.25) is 0 Å². The van der Waals surface area contributed by atoms with Crippen molar-refractivity contribution < 1.29 is 9.47 Å². The molecule has 0 aliphatic rings. The van der Waals surface area contributed by atoms with Gasteiger partial charge in [0.1, 0.15) is 6.61 Å². The van der Waals surface area contributed by atoms with E-state index in [2.05, 4.69) is 24.3 Å². The van der Waals surface area contributed by atoms with Crippen LogP contribution in [0.3, 0.4) is 0 Å². The van der Waals surface area contributed by atoms with E-state index in [4.69, 9.17) is 32.7 Å². The number of nitrogens with one attached hydrogen (secondary N) is 1. The van der Waals surface area contributed by atoms with Crippen LogP contribution in [0.15, 0.2) is 36.4 Å². The van der Waals surface area contributed by atoms with Crippen LogP contribution in [-0.4, -0.2) is 38.7 Å². The molecule has 2 aromatic carbocycles. The first kappa shape index (κ1) is 21.8. The van der Waals surface area contributed by atoms with E-state index >= 15 is 0 Å². The molecule has 0 atom stereocenters. The Hall–Kier alpha value is -1.46. The molecule has 1 N–H and O–H groups in total. The molecule has 0 radical (unpaired) electrons. The van der Waals surface area contributed by atoms with Crippen molar-refractivity contribution in [2.45, 2.75) is 26.5 Å². The van der Waals surface area contributed by atoms with Gasteiger partial charge in [-0.15, -0.1) is 0 Å². The van der Waals surface area contributed by atoms with E-state index < -0.39 is 0 Å². The lowest BCUT2D eigenvalue weighted by Crippen LogP contribution is -2.21. The van der Waals surface area contributed by atoms with Crippen molar-refractivity contribution in [2.24, 2.45) is 0 Å². The number of rotatable bonds is 11. The van der Waals surface area contributed by atoms with Crippen molar-refractivity contribution >= 4 is 23.2 Å². The van der Waals surface area contributed by atoms with Crippen molar-refractivity contribution in [3.05, 3.63) is 57.6 Å². The number of halogens is 2. The molecule has 27 heavy (non-hydrogen) atoms. The van der Waals surface area contributed by atoms with Crippen molar-refractivity contribution in [2.75, 3.05) is 33.8 Å². The van der Waals surface area contributed by atoms with Crippen LogP contribution in [0.25, 0.3) is 0 Å². The minimum Gasteiger partial charge on any atom is -0.490 e. The number of hydrogen-bond donors (Lipinski definition) is 1. The van der Waals surface area contributed by atoms with Gasteiger partial charge in [0, 0.05) is 22.2 Å². The first-order chi connectivity index (χ1) is 13.0. The number of benzene rings is 2. The van der Waals surface area contributed by atoms with Crippen molar-refractivity contribution in [1.29, 1.82) is 0 Å². The third kappa shape index (κ3) is 7.23. The molecule has 0 spiro atoms. The Morgan fingerprint density at radius 3 is 2.41 bits per heavy atom. The number of ether oxygens (including phenoxy) is 2. The SMILES string of the molecule is CCOc1cc(CNCCCN(C)C)ccc1OCc1c(Cl)cccc1Cl. The summed E-state index contributed by atoms with van der Waals surface area (Å²) in [6, 6.07) is 11.4. The molecule has 4 nitrogen and oxygen atoms in total. The van der Waals surface area contributed by atoms with Crippen molar-refractivity contribution in [3.8, 4) is 11.5 Å². The maximum Gasteiger partial charge on any atom is 0.161 e. The lowest BCUT2D eigenvalue weighted by molar-refractivity contribution is 0.269. The number of nitrogens with zero attached hydrogens (tertiary/aromatic N) is 1. The summed E-state index contributed by atoms with van der Waals surface area (Å²) in [6.45, 7) is 5.68. The average Bonchev–Trinajstić information content (AvgIpc) is 2.62. The topological polar surface area (TPSA) is 33.7 Å². The second-order valence-electron chi connectivity index (χ2n) is 6.54. The molecular weight excluding hydrogens is 383 g/mol. The van der Waals surface area contributed by atoms with Crippen molar-refractivity contribution in [1.82, 2.24) is 10.2 Å². The first-order valence-corrected chi connectivity index (χ1v) is 9.93. The normalized spacial score (nSPS) is 11.0. The summed E-state index contributed by atoms with van der Waals surface area (Å²) < 4.78 is 11.7. The molecule has 0 heterocycles. The maximum absolute atomic E-state index is 6.22. The van der Waals surface area contributed by atoms with Gasteiger partial charge in [-0.2, -0.15) is 0 Å². The van der Waals surface area contributed by atoms with E-state index in [1.807, 2.05) is 31.2 Å². The Morgan fingerprint density at radius 2 is 1.74 bits per heavy atom. The summed E-state index contributed by atoms with van der Waals surface area (Å²) in [6.07, 6.45) is 1.12. The van der Waals surface area contributed by atoms with Crippen LogP contribution in [-0.2, 0) is 13.2 Å². The molecule has 6 heteroatoms. The lowest BCUT2D eigenvalue weighted by Gasteiger charge is -2.15. The van der Waals surface area contributed by atoms with Crippen LogP contribution in [0.1, 0.15) is 24.5 Å². The highest BCUT2D eigenvalue weighted by Gasteiger charge is 2.10. The predicted molar refractivity (Wildman–Crippen MR) is 113 cm³/mol. The van der Waals surface area contributed by atoms with Gasteiger partial charge in [0.2, 0.25) is 0 Å². The fourth-order valence-corrected chi connectivity index (χ4v) is 3.13. The summed E-state index contributed by atoms with van der Waals surface area (Å²) in [7, 11) is 4.17. The Kier molecular flexibility index (Phi) is 9.22. The van der Waals surface area contributed by atoms with Crippen LogP contribution >= 0.6 is 23.2 Å². The summed E-state index contributed by atoms with van der Waals surface area (Å²) in [5, 5.41) is 4.65. The zero-order chi connectivity index (χ0) is 19.6. The molecule has 0 saturated carbocycles. The smallest absolute Gasteiger partial charge is 0.161 e. The molecule has 0 aromatic heterocycles. The van der Waals surface area contributed by atoms with Crippen LogP contribution in [0.4, 0.5) is 0 Å². The standard InChI is InChI=1S/C21H28Cl2N2O2/c1-4-26-21-13-16(14-24-11-6-12-25(2)3)9-10-20(21)27-15-17-18(22)7-5-8-19(17)23/h5,7-10,13,24H,4,6,11-12,14-15H2,1-3H3. The third-order valence-electron chi connectivity index (χ3n) is 4.03. The van der Waals surface area contributed by atoms with Crippen LogP contribution < -0.4 is 14.8 Å². The predicted octanol–water partition coefficient (Wildman–Crippen LogP) is 5.01. The molecule has 2 aromatic rings. The van der Waals surface area contributed by atoms with Crippen LogP contribution in [0, 0.1) is 0 Å². The minimum atomic E-state index is 0.292. The average molecular weight is 411 g/mol. The van der Waals surface area contributed by atoms with E-state index in [-0.39, 0.29) is 0 Å². The summed E-state index contributed by atoms with van der Waals surface area (Å²) in [5.74, 6) is 1.41. The fraction of sp³-hybridized carbons (Fsp3) is 0.429. The molecule has 0 amide bonds. The highest BCUT2D eigenvalue weighted by molar-refractivity contribution is 6.35.